The van der Waals surface area contributed by atoms with Gasteiger partial charge in [-0.25, -0.2) is 0 Å². The molecule has 18 heavy (non-hydrogen) atoms. The van der Waals surface area contributed by atoms with Gasteiger partial charge in [-0.2, -0.15) is 0 Å². The van der Waals surface area contributed by atoms with Crippen LogP contribution in [0.3, 0.4) is 0 Å². The Hall–Kier alpha value is -0.340. The van der Waals surface area contributed by atoms with Gasteiger partial charge in [-0.05, 0) is 49.9 Å². The molecule has 104 valence electrons. The summed E-state index contributed by atoms with van der Waals surface area (Å²) in [5, 5.41) is 9.34. The van der Waals surface area contributed by atoms with Crippen LogP contribution in [0.1, 0.15) is 52.4 Å². The predicted octanol–water partition coefficient (Wildman–Crippen LogP) is 3.54. The van der Waals surface area contributed by atoms with Gasteiger partial charge in [0, 0.05) is 0 Å². The van der Waals surface area contributed by atoms with Crippen LogP contribution in [0, 0.1) is 17.8 Å². The van der Waals surface area contributed by atoms with Crippen LogP contribution in [0.5, 0.6) is 0 Å². The molecule has 0 amide bonds. The van der Waals surface area contributed by atoms with Crippen LogP contribution in [-0.4, -0.2) is 23.9 Å². The summed E-state index contributed by atoms with van der Waals surface area (Å²) >= 11 is 0. The molecule has 3 aliphatic rings. The lowest BCUT2D eigenvalue weighted by Gasteiger charge is -2.04. The molecule has 0 radical (unpaired) electrons. The average Bonchev–Trinajstić information content (AvgIpc) is 3.27. The number of hydrogen-bond acceptors (Lipinski definition) is 2. The lowest BCUT2D eigenvalue weighted by atomic mass is 10.1. The molecule has 0 bridgehead atoms. The van der Waals surface area contributed by atoms with Crippen LogP contribution in [0.25, 0.3) is 0 Å². The third-order valence-corrected chi connectivity index (χ3v) is 4.57. The fourth-order valence-corrected chi connectivity index (χ4v) is 3.38. The van der Waals surface area contributed by atoms with E-state index in [9.17, 15) is 5.11 Å². The van der Waals surface area contributed by atoms with Gasteiger partial charge in [-0.15, -0.1) is 0 Å². The molecule has 1 aliphatic heterocycles. The lowest BCUT2D eigenvalue weighted by Crippen LogP contribution is -2.06. The Morgan fingerprint density at radius 1 is 1.22 bits per heavy atom. The van der Waals surface area contributed by atoms with Crippen molar-refractivity contribution in [3.63, 3.8) is 0 Å². The van der Waals surface area contributed by atoms with E-state index in [-0.39, 0.29) is 6.10 Å². The minimum atomic E-state index is 0.0694. The van der Waals surface area contributed by atoms with Crippen molar-refractivity contribution in [3.05, 3.63) is 12.2 Å². The molecule has 0 aromatic carbocycles. The number of ether oxygens (including phenoxy) is 1. The van der Waals surface area contributed by atoms with Crippen LogP contribution in [0.2, 0.25) is 0 Å². The highest BCUT2D eigenvalue weighted by Crippen LogP contribution is 2.58. The zero-order valence-corrected chi connectivity index (χ0v) is 11.8. The first-order valence-electron chi connectivity index (χ1n) is 7.72. The Kier molecular flexibility index (Phi) is 5.25. The number of allylic oxidation sites excluding steroid dienone is 2. The normalized spacial score (nSPS) is 40.3. The van der Waals surface area contributed by atoms with Crippen molar-refractivity contribution in [1.29, 1.82) is 0 Å². The maximum absolute atomic E-state index is 9.34. The van der Waals surface area contributed by atoms with Gasteiger partial charge in [-0.1, -0.05) is 32.4 Å². The third-order valence-electron chi connectivity index (χ3n) is 4.57. The molecule has 2 aliphatic carbocycles. The van der Waals surface area contributed by atoms with Crippen molar-refractivity contribution >= 4 is 0 Å². The Morgan fingerprint density at radius 2 is 2.00 bits per heavy atom. The van der Waals surface area contributed by atoms with Gasteiger partial charge in [-0.3, -0.25) is 0 Å². The first-order chi connectivity index (χ1) is 8.77. The van der Waals surface area contributed by atoms with Crippen LogP contribution < -0.4 is 0 Å². The van der Waals surface area contributed by atoms with Gasteiger partial charge < -0.3 is 9.84 Å². The molecule has 1 unspecified atom stereocenters. The van der Waals surface area contributed by atoms with E-state index in [1.54, 1.807) is 0 Å². The zero-order chi connectivity index (χ0) is 13.0. The molecule has 2 saturated carbocycles. The summed E-state index contributed by atoms with van der Waals surface area (Å²) in [6.07, 6.45) is 12.3. The zero-order valence-electron chi connectivity index (χ0n) is 11.8. The highest BCUT2D eigenvalue weighted by molar-refractivity contribution is 5.04. The summed E-state index contributed by atoms with van der Waals surface area (Å²) in [5.74, 6) is 2.54. The van der Waals surface area contributed by atoms with Gasteiger partial charge in [0.05, 0.1) is 18.8 Å². The molecular formula is C16H28O2. The van der Waals surface area contributed by atoms with Crippen molar-refractivity contribution in [1.82, 2.24) is 0 Å². The summed E-state index contributed by atoms with van der Waals surface area (Å²) in [6, 6.07) is 0. The fraction of sp³-hybridized carbons (Fsp3) is 0.875. The summed E-state index contributed by atoms with van der Waals surface area (Å²) in [6.45, 7) is 5.39. The number of epoxide rings is 1. The largest absolute Gasteiger partial charge is 0.393 e. The second-order valence-corrected chi connectivity index (χ2v) is 5.87. The standard InChI is InChI=1S/2C8H14O/c1-2-5-6-3-4-7(9)8(5)6;1-2-3-4-5-6-8-7-9-8/h5-9H,2-4H2,1H3;3-4,8H,2,5-7H2,1H3/b;4-3-/t5?,6-,7+,8+;8-/m01/s1. The van der Waals surface area contributed by atoms with Gasteiger partial charge in [0.25, 0.3) is 0 Å². The van der Waals surface area contributed by atoms with Crippen molar-refractivity contribution in [2.24, 2.45) is 17.8 Å². The topological polar surface area (TPSA) is 32.8 Å². The maximum Gasteiger partial charge on any atom is 0.0812 e. The highest BCUT2D eigenvalue weighted by atomic mass is 16.6. The Labute approximate surface area is 111 Å². The predicted molar refractivity (Wildman–Crippen MR) is 74.4 cm³/mol. The molecule has 5 atom stereocenters. The van der Waals surface area contributed by atoms with Crippen molar-refractivity contribution in [2.75, 3.05) is 6.61 Å². The molecule has 1 saturated heterocycles. The highest BCUT2D eigenvalue weighted by Gasteiger charge is 2.55. The van der Waals surface area contributed by atoms with Crippen LogP contribution in [0.15, 0.2) is 12.2 Å². The third kappa shape index (κ3) is 3.83. The molecule has 3 fully saturated rings. The average molecular weight is 252 g/mol. The van der Waals surface area contributed by atoms with E-state index in [0.29, 0.717) is 6.10 Å². The van der Waals surface area contributed by atoms with E-state index >= 15 is 0 Å². The number of aliphatic hydroxyl groups excluding tert-OH is 1. The first kappa shape index (κ1) is 14.1. The Balaban J connectivity index is 0.000000134. The minimum Gasteiger partial charge on any atom is -0.393 e. The summed E-state index contributed by atoms with van der Waals surface area (Å²) in [5.41, 5.74) is 0. The van der Waals surface area contributed by atoms with Crippen LogP contribution >= 0.6 is 0 Å². The van der Waals surface area contributed by atoms with Gasteiger partial charge in [0.15, 0.2) is 0 Å². The molecule has 2 nitrogen and oxygen atoms in total. The van der Waals surface area contributed by atoms with Crippen molar-refractivity contribution < 1.29 is 9.84 Å². The number of aliphatic hydroxyl groups is 1. The van der Waals surface area contributed by atoms with E-state index in [2.05, 4.69) is 26.0 Å². The second-order valence-electron chi connectivity index (χ2n) is 5.87. The monoisotopic (exact) mass is 252 g/mol. The molecule has 0 spiro atoms. The number of fused-ring (bicyclic) bond motifs is 1. The quantitative estimate of drug-likeness (QED) is 0.599. The van der Waals surface area contributed by atoms with E-state index in [0.717, 1.165) is 37.2 Å². The molecule has 1 N–H and O–H groups in total. The Morgan fingerprint density at radius 3 is 2.44 bits per heavy atom. The molecular weight excluding hydrogens is 224 g/mol. The van der Waals surface area contributed by atoms with E-state index in [1.807, 2.05) is 0 Å². The molecule has 0 aromatic heterocycles. The summed E-state index contributed by atoms with van der Waals surface area (Å²) in [4.78, 5) is 0. The van der Waals surface area contributed by atoms with Gasteiger partial charge in [0.2, 0.25) is 0 Å². The Bertz CT molecular complexity index is 266. The maximum atomic E-state index is 9.34. The van der Waals surface area contributed by atoms with Gasteiger partial charge >= 0.3 is 0 Å². The van der Waals surface area contributed by atoms with Crippen LogP contribution in [0.4, 0.5) is 0 Å². The van der Waals surface area contributed by atoms with E-state index in [1.165, 1.54) is 25.7 Å². The van der Waals surface area contributed by atoms with E-state index < -0.39 is 0 Å². The van der Waals surface area contributed by atoms with Crippen molar-refractivity contribution in [3.8, 4) is 0 Å². The number of hydrogen-bond donors (Lipinski definition) is 1. The summed E-state index contributed by atoms with van der Waals surface area (Å²) < 4.78 is 5.05. The van der Waals surface area contributed by atoms with E-state index in [4.69, 9.17) is 4.74 Å². The molecule has 3 rings (SSSR count). The molecule has 2 heteroatoms. The lowest BCUT2D eigenvalue weighted by molar-refractivity contribution is 0.149. The van der Waals surface area contributed by atoms with Crippen molar-refractivity contribution in [2.45, 2.75) is 64.6 Å². The molecule has 0 aromatic rings. The number of rotatable bonds is 5. The van der Waals surface area contributed by atoms with Crippen LogP contribution in [-0.2, 0) is 4.74 Å². The minimum absolute atomic E-state index is 0.0694. The SMILES string of the molecule is CC/C=C\CC[C@@H]1CO1.CCC1[C@H]2[C@H](O)CC[C@@H]12. The molecule has 1 heterocycles. The summed E-state index contributed by atoms with van der Waals surface area (Å²) in [7, 11) is 0. The first-order valence-corrected chi connectivity index (χ1v) is 7.72. The van der Waals surface area contributed by atoms with Gasteiger partial charge in [0.1, 0.15) is 0 Å². The second kappa shape index (κ2) is 6.72. The smallest absolute Gasteiger partial charge is 0.0812 e. The fourth-order valence-electron chi connectivity index (χ4n) is 3.38.